The van der Waals surface area contributed by atoms with Crippen LogP contribution in [-0.4, -0.2) is 63.2 Å². The van der Waals surface area contributed by atoms with Crippen molar-refractivity contribution in [1.29, 1.82) is 0 Å². The second kappa shape index (κ2) is 11.3. The van der Waals surface area contributed by atoms with Gasteiger partial charge in [0.05, 0.1) is 30.3 Å². The maximum Gasteiger partial charge on any atom is 0.275 e. The summed E-state index contributed by atoms with van der Waals surface area (Å²) < 4.78 is 7.49. The molecule has 0 radical (unpaired) electrons. The second-order valence-corrected chi connectivity index (χ2v) is 10.1. The normalized spacial score (nSPS) is 19.3. The lowest BCUT2D eigenvalue weighted by atomic mass is 9.94. The number of nitrogens with zero attached hydrogens (tertiary/aromatic N) is 4. The molecule has 1 saturated heterocycles. The Bertz CT molecular complexity index is 1320. The van der Waals surface area contributed by atoms with Gasteiger partial charge in [-0.15, -0.1) is 0 Å². The van der Waals surface area contributed by atoms with Gasteiger partial charge in [-0.25, -0.2) is 4.68 Å². The van der Waals surface area contributed by atoms with E-state index >= 15 is 0 Å². The smallest absolute Gasteiger partial charge is 0.275 e. The van der Waals surface area contributed by atoms with Crippen LogP contribution in [0.3, 0.4) is 0 Å². The number of fused-ring (bicyclic) bond motifs is 1. The van der Waals surface area contributed by atoms with Gasteiger partial charge in [-0.3, -0.25) is 14.4 Å². The summed E-state index contributed by atoms with van der Waals surface area (Å²) in [6.45, 7) is 2.77. The van der Waals surface area contributed by atoms with Gasteiger partial charge in [-0.2, -0.15) is 5.10 Å². The van der Waals surface area contributed by atoms with E-state index < -0.39 is 0 Å². The molecule has 1 unspecified atom stereocenters. The fourth-order valence-electron chi connectivity index (χ4n) is 5.51. The molecule has 1 aliphatic carbocycles. The third kappa shape index (κ3) is 5.74. The topological polar surface area (TPSA) is 84.7 Å². The maximum atomic E-state index is 13.5. The first-order chi connectivity index (χ1) is 18.0. The van der Waals surface area contributed by atoms with Gasteiger partial charge in [0.1, 0.15) is 6.54 Å². The van der Waals surface area contributed by atoms with Crippen molar-refractivity contribution in [2.75, 3.05) is 19.6 Å². The molecule has 2 aliphatic rings. The molecule has 0 spiro atoms. The zero-order chi connectivity index (χ0) is 25.8. The van der Waals surface area contributed by atoms with Gasteiger partial charge in [0, 0.05) is 24.5 Å². The van der Waals surface area contributed by atoms with E-state index in [1.54, 1.807) is 17.0 Å². The molecule has 0 N–H and O–H groups in total. The van der Waals surface area contributed by atoms with Crippen LogP contribution < -0.4 is 5.56 Å². The number of hydrogen-bond donors (Lipinski definition) is 0. The molecule has 0 bridgehead atoms. The van der Waals surface area contributed by atoms with Crippen molar-refractivity contribution in [3.05, 3.63) is 76.2 Å². The zero-order valence-corrected chi connectivity index (χ0v) is 21.3. The van der Waals surface area contributed by atoms with Gasteiger partial charge in [0.25, 0.3) is 5.56 Å². The van der Waals surface area contributed by atoms with E-state index in [-0.39, 0.29) is 42.6 Å². The molecule has 2 fully saturated rings. The Labute approximate surface area is 216 Å². The third-order valence-electron chi connectivity index (χ3n) is 7.50. The van der Waals surface area contributed by atoms with E-state index in [0.717, 1.165) is 36.6 Å². The fourth-order valence-corrected chi connectivity index (χ4v) is 5.51. The summed E-state index contributed by atoms with van der Waals surface area (Å²) >= 11 is 0. The summed E-state index contributed by atoms with van der Waals surface area (Å²) in [7, 11) is 0. The van der Waals surface area contributed by atoms with Crippen molar-refractivity contribution in [1.82, 2.24) is 19.6 Å². The molecule has 2 amide bonds. The molecule has 1 atom stereocenters. The van der Waals surface area contributed by atoms with Crippen LogP contribution in [0.5, 0.6) is 0 Å². The van der Waals surface area contributed by atoms with Crippen LogP contribution in [0, 0.1) is 6.92 Å². The van der Waals surface area contributed by atoms with Gasteiger partial charge in [0.15, 0.2) is 0 Å². The molecular formula is C29H34N4O4. The molecule has 1 aromatic heterocycles. The number of hydrogen-bond acceptors (Lipinski definition) is 5. The van der Waals surface area contributed by atoms with E-state index in [1.165, 1.54) is 11.1 Å². The minimum absolute atomic E-state index is 0.0121. The van der Waals surface area contributed by atoms with E-state index in [9.17, 15) is 14.4 Å². The number of amides is 2. The van der Waals surface area contributed by atoms with E-state index in [1.807, 2.05) is 54.3 Å². The lowest BCUT2D eigenvalue weighted by Crippen LogP contribution is -2.46. The second-order valence-electron chi connectivity index (χ2n) is 10.1. The fraction of sp³-hybridized carbons (Fsp3) is 0.448. The Morgan fingerprint density at radius 2 is 1.65 bits per heavy atom. The van der Waals surface area contributed by atoms with Crippen molar-refractivity contribution in [2.45, 2.75) is 64.3 Å². The predicted molar refractivity (Wildman–Crippen MR) is 141 cm³/mol. The Morgan fingerprint density at radius 1 is 0.946 bits per heavy atom. The van der Waals surface area contributed by atoms with Crippen molar-refractivity contribution >= 4 is 22.6 Å². The molecule has 3 aromatic rings. The van der Waals surface area contributed by atoms with Crippen molar-refractivity contribution in [3.8, 4) is 0 Å². The highest BCUT2D eigenvalue weighted by atomic mass is 16.5. The van der Waals surface area contributed by atoms with Crippen LogP contribution >= 0.6 is 0 Å². The largest absolute Gasteiger partial charge is 0.370 e. The van der Waals surface area contributed by atoms with Crippen LogP contribution in [0.2, 0.25) is 0 Å². The third-order valence-corrected chi connectivity index (χ3v) is 7.50. The van der Waals surface area contributed by atoms with Crippen LogP contribution in [0.1, 0.15) is 43.4 Å². The van der Waals surface area contributed by atoms with Crippen LogP contribution in [0.15, 0.2) is 59.4 Å². The predicted octanol–water partition coefficient (Wildman–Crippen LogP) is 3.29. The quantitative estimate of drug-likeness (QED) is 0.517. The highest BCUT2D eigenvalue weighted by Crippen LogP contribution is 2.25. The number of ether oxygens (including phenoxy) is 1. The summed E-state index contributed by atoms with van der Waals surface area (Å²) in [6.07, 6.45) is 5.08. The molecule has 194 valence electrons. The first kappa shape index (κ1) is 25.1. The van der Waals surface area contributed by atoms with Gasteiger partial charge in [-0.1, -0.05) is 67.8 Å². The van der Waals surface area contributed by atoms with E-state index in [2.05, 4.69) is 5.10 Å². The van der Waals surface area contributed by atoms with E-state index in [0.29, 0.717) is 30.8 Å². The monoisotopic (exact) mass is 502 g/mol. The molecule has 2 heterocycles. The van der Waals surface area contributed by atoms with Crippen LogP contribution in [0.25, 0.3) is 10.8 Å². The summed E-state index contributed by atoms with van der Waals surface area (Å²) in [5, 5.41) is 5.70. The van der Waals surface area contributed by atoms with Gasteiger partial charge < -0.3 is 14.5 Å². The number of carbonyl (C=O) groups is 2. The van der Waals surface area contributed by atoms with E-state index in [4.69, 9.17) is 4.74 Å². The highest BCUT2D eigenvalue weighted by molar-refractivity contribution is 5.86. The number of aromatic nitrogens is 2. The Morgan fingerprint density at radius 3 is 2.41 bits per heavy atom. The minimum Gasteiger partial charge on any atom is -0.370 e. The van der Waals surface area contributed by atoms with Gasteiger partial charge in [0.2, 0.25) is 11.8 Å². The number of carbonyl (C=O) groups excluding carboxylic acids is 2. The Kier molecular flexibility index (Phi) is 7.65. The maximum absolute atomic E-state index is 13.5. The molecule has 5 rings (SSSR count). The molecule has 37 heavy (non-hydrogen) atoms. The highest BCUT2D eigenvalue weighted by Gasteiger charge is 2.35. The van der Waals surface area contributed by atoms with Gasteiger partial charge >= 0.3 is 0 Å². The summed E-state index contributed by atoms with van der Waals surface area (Å²) in [5.74, 6) is -0.363. The molecule has 2 aromatic carbocycles. The molecular weight excluding hydrogens is 468 g/mol. The van der Waals surface area contributed by atoms with Crippen molar-refractivity contribution in [2.24, 2.45) is 0 Å². The average Bonchev–Trinajstić information content (AvgIpc) is 3.10. The van der Waals surface area contributed by atoms with Gasteiger partial charge in [-0.05, 0) is 31.4 Å². The lowest BCUT2D eigenvalue weighted by molar-refractivity contribution is -0.140. The Hall–Kier alpha value is -3.52. The molecule has 8 heteroatoms. The summed E-state index contributed by atoms with van der Waals surface area (Å²) in [5.41, 5.74) is 1.42. The van der Waals surface area contributed by atoms with Crippen molar-refractivity contribution < 1.29 is 14.3 Å². The first-order valence-electron chi connectivity index (χ1n) is 13.2. The SMILES string of the molecule is Cc1nn(CC(=O)N2CC(=O)N(C3CCCCC3)CC(OCc3ccccc3)C2)c(=O)c2ccccc12. The first-order valence-corrected chi connectivity index (χ1v) is 13.2. The number of benzene rings is 2. The molecule has 8 nitrogen and oxygen atoms in total. The lowest BCUT2D eigenvalue weighted by Gasteiger charge is -2.34. The standard InChI is InChI=1S/C29H34N4O4/c1-21-25-14-8-9-15-26(25)29(36)33(30-21)19-27(34)31-16-24(37-20-22-10-4-2-5-11-22)17-32(28(35)18-31)23-12-6-3-7-13-23/h2,4-5,8-11,14-15,23-24H,3,6-7,12-13,16-20H2,1H3. The minimum atomic E-state index is -0.319. The average molecular weight is 503 g/mol. The molecule has 1 aliphatic heterocycles. The van der Waals surface area contributed by atoms with Crippen LogP contribution in [-0.2, 0) is 27.5 Å². The van der Waals surface area contributed by atoms with Crippen LogP contribution in [0.4, 0.5) is 0 Å². The summed E-state index contributed by atoms with van der Waals surface area (Å²) in [4.78, 5) is 43.4. The molecule has 1 saturated carbocycles. The zero-order valence-electron chi connectivity index (χ0n) is 21.3. The number of aryl methyl sites for hydroxylation is 1. The Balaban J connectivity index is 1.37. The number of rotatable bonds is 6. The van der Waals surface area contributed by atoms with Crippen molar-refractivity contribution in [3.63, 3.8) is 0 Å². The summed E-state index contributed by atoms with van der Waals surface area (Å²) in [6, 6.07) is 17.4.